The van der Waals surface area contributed by atoms with Crippen molar-refractivity contribution in [2.75, 3.05) is 31.1 Å². The lowest BCUT2D eigenvalue weighted by molar-refractivity contribution is 0.0745. The number of amides is 1. The molecular formula is C21H20FN3O2. The summed E-state index contributed by atoms with van der Waals surface area (Å²) >= 11 is 0. The van der Waals surface area contributed by atoms with E-state index in [9.17, 15) is 14.3 Å². The first-order valence-electron chi connectivity index (χ1n) is 8.92. The summed E-state index contributed by atoms with van der Waals surface area (Å²) in [5.41, 5.74) is 2.48. The maximum atomic E-state index is 13.4. The van der Waals surface area contributed by atoms with Crippen molar-refractivity contribution >= 4 is 22.5 Å². The Morgan fingerprint density at radius 2 is 1.81 bits per heavy atom. The molecule has 1 aliphatic heterocycles. The highest BCUT2D eigenvalue weighted by molar-refractivity contribution is 5.98. The molecular weight excluding hydrogens is 345 g/mol. The van der Waals surface area contributed by atoms with Gasteiger partial charge < -0.3 is 14.9 Å². The molecule has 1 aliphatic rings. The smallest absolute Gasteiger partial charge is 0.255 e. The van der Waals surface area contributed by atoms with Gasteiger partial charge in [-0.1, -0.05) is 12.1 Å². The maximum Gasteiger partial charge on any atom is 0.255 e. The Morgan fingerprint density at radius 3 is 2.56 bits per heavy atom. The number of phenols is 1. The number of anilines is 1. The number of hydrogen-bond donors (Lipinski definition) is 1. The zero-order valence-electron chi connectivity index (χ0n) is 15.0. The lowest BCUT2D eigenvalue weighted by atomic mass is 10.1. The lowest BCUT2D eigenvalue weighted by Gasteiger charge is -2.36. The second kappa shape index (κ2) is 6.87. The van der Waals surface area contributed by atoms with Gasteiger partial charge >= 0.3 is 0 Å². The first kappa shape index (κ1) is 17.3. The number of fused-ring (bicyclic) bond motifs is 1. The normalized spacial score (nSPS) is 14.6. The predicted octanol–water partition coefficient (Wildman–Crippen LogP) is 3.35. The molecule has 0 bridgehead atoms. The van der Waals surface area contributed by atoms with E-state index >= 15 is 0 Å². The molecule has 0 aliphatic carbocycles. The second-order valence-electron chi connectivity index (χ2n) is 6.73. The molecule has 1 N–H and O–H groups in total. The van der Waals surface area contributed by atoms with Crippen molar-refractivity contribution in [2.24, 2.45) is 0 Å². The van der Waals surface area contributed by atoms with Crippen molar-refractivity contribution in [1.29, 1.82) is 0 Å². The predicted molar refractivity (Wildman–Crippen MR) is 103 cm³/mol. The number of rotatable bonds is 2. The summed E-state index contributed by atoms with van der Waals surface area (Å²) in [6.45, 7) is 4.20. The Kier molecular flexibility index (Phi) is 4.39. The zero-order valence-corrected chi connectivity index (χ0v) is 15.0. The highest BCUT2D eigenvalue weighted by atomic mass is 19.1. The minimum absolute atomic E-state index is 0.0665. The van der Waals surface area contributed by atoms with E-state index in [0.717, 1.165) is 11.1 Å². The molecule has 1 amide bonds. The van der Waals surface area contributed by atoms with Crippen LogP contribution in [0.25, 0.3) is 10.9 Å². The average Bonchev–Trinajstić information content (AvgIpc) is 2.67. The molecule has 3 aromatic rings. The van der Waals surface area contributed by atoms with Crippen LogP contribution in [-0.2, 0) is 0 Å². The molecule has 1 saturated heterocycles. The summed E-state index contributed by atoms with van der Waals surface area (Å²) in [6.07, 6.45) is 0. The third-order valence-electron chi connectivity index (χ3n) is 4.99. The number of phenolic OH excluding ortho intramolecular Hbond substituents is 1. The molecule has 1 fully saturated rings. The van der Waals surface area contributed by atoms with Gasteiger partial charge in [0.2, 0.25) is 0 Å². The second-order valence-corrected chi connectivity index (χ2v) is 6.73. The number of pyridine rings is 1. The van der Waals surface area contributed by atoms with E-state index in [4.69, 9.17) is 0 Å². The van der Waals surface area contributed by atoms with Crippen LogP contribution in [0.4, 0.5) is 10.1 Å². The van der Waals surface area contributed by atoms with Crippen LogP contribution in [0.3, 0.4) is 0 Å². The average molecular weight is 365 g/mol. The number of hydrogen-bond acceptors (Lipinski definition) is 4. The number of carbonyl (C=O) groups is 1. The van der Waals surface area contributed by atoms with Crippen LogP contribution in [0.5, 0.6) is 5.75 Å². The van der Waals surface area contributed by atoms with Crippen molar-refractivity contribution in [3.8, 4) is 5.75 Å². The molecule has 6 heteroatoms. The van der Waals surface area contributed by atoms with E-state index in [2.05, 4.69) is 9.88 Å². The molecule has 1 aromatic heterocycles. The van der Waals surface area contributed by atoms with Crippen molar-refractivity contribution < 1.29 is 14.3 Å². The van der Waals surface area contributed by atoms with Crippen LogP contribution in [0.15, 0.2) is 48.5 Å². The lowest BCUT2D eigenvalue weighted by Crippen LogP contribution is -2.49. The highest BCUT2D eigenvalue weighted by Crippen LogP contribution is 2.27. The van der Waals surface area contributed by atoms with Gasteiger partial charge in [-0.15, -0.1) is 0 Å². The number of benzene rings is 2. The summed E-state index contributed by atoms with van der Waals surface area (Å²) in [4.78, 5) is 21.3. The van der Waals surface area contributed by atoms with Crippen molar-refractivity contribution in [2.45, 2.75) is 6.92 Å². The van der Waals surface area contributed by atoms with E-state index in [1.165, 1.54) is 12.1 Å². The molecule has 0 saturated carbocycles. The van der Waals surface area contributed by atoms with Crippen LogP contribution in [0.1, 0.15) is 16.1 Å². The first-order chi connectivity index (χ1) is 13.0. The SMILES string of the molecule is Cc1nc2cc(F)ccc2cc1C(=O)N1CCN(c2ccccc2O)CC1. The van der Waals surface area contributed by atoms with E-state index in [0.29, 0.717) is 43.0 Å². The fourth-order valence-electron chi connectivity index (χ4n) is 3.51. The Balaban J connectivity index is 1.53. The van der Waals surface area contributed by atoms with E-state index in [1.54, 1.807) is 36.1 Å². The zero-order chi connectivity index (χ0) is 19.0. The Bertz CT molecular complexity index is 1010. The number of aromatic nitrogens is 1. The van der Waals surface area contributed by atoms with Crippen LogP contribution in [0.2, 0.25) is 0 Å². The summed E-state index contributed by atoms with van der Waals surface area (Å²) in [5.74, 6) is -0.156. The van der Waals surface area contributed by atoms with E-state index in [-0.39, 0.29) is 17.5 Å². The summed E-state index contributed by atoms with van der Waals surface area (Å²) < 4.78 is 13.4. The van der Waals surface area contributed by atoms with Crippen LogP contribution >= 0.6 is 0 Å². The van der Waals surface area contributed by atoms with Gasteiger partial charge in [0.05, 0.1) is 22.5 Å². The van der Waals surface area contributed by atoms with Gasteiger partial charge in [-0.2, -0.15) is 0 Å². The minimum atomic E-state index is -0.339. The number of aromatic hydroxyl groups is 1. The molecule has 5 nitrogen and oxygen atoms in total. The molecule has 0 radical (unpaired) electrons. The standard InChI is InChI=1S/C21H20FN3O2/c1-14-17(12-15-6-7-16(22)13-18(15)23-14)21(27)25-10-8-24(9-11-25)19-4-2-3-5-20(19)26/h2-7,12-13,26H,8-11H2,1H3. The maximum absolute atomic E-state index is 13.4. The highest BCUT2D eigenvalue weighted by Gasteiger charge is 2.25. The molecule has 0 unspecified atom stereocenters. The van der Waals surface area contributed by atoms with Crippen molar-refractivity contribution in [3.63, 3.8) is 0 Å². The molecule has 2 aromatic carbocycles. The first-order valence-corrected chi connectivity index (χ1v) is 8.92. The topological polar surface area (TPSA) is 56.7 Å². The van der Waals surface area contributed by atoms with Crippen LogP contribution < -0.4 is 4.90 Å². The quantitative estimate of drug-likeness (QED) is 0.757. The molecule has 138 valence electrons. The fraction of sp³-hybridized carbons (Fsp3) is 0.238. The van der Waals surface area contributed by atoms with Gasteiger partial charge in [0, 0.05) is 37.6 Å². The number of piperazine rings is 1. The number of aryl methyl sites for hydroxylation is 1. The van der Waals surface area contributed by atoms with Crippen LogP contribution in [-0.4, -0.2) is 47.1 Å². The monoisotopic (exact) mass is 365 g/mol. The number of carbonyl (C=O) groups excluding carboxylic acids is 1. The third-order valence-corrected chi connectivity index (χ3v) is 4.99. The van der Waals surface area contributed by atoms with Gasteiger partial charge in [-0.25, -0.2) is 4.39 Å². The van der Waals surface area contributed by atoms with Gasteiger partial charge in [-0.05, 0) is 37.3 Å². The Labute approximate surface area is 156 Å². The largest absolute Gasteiger partial charge is 0.506 e. The molecule has 0 atom stereocenters. The minimum Gasteiger partial charge on any atom is -0.506 e. The summed E-state index contributed by atoms with van der Waals surface area (Å²) in [7, 11) is 0. The van der Waals surface area contributed by atoms with E-state index < -0.39 is 0 Å². The van der Waals surface area contributed by atoms with Gasteiger partial charge in [0.25, 0.3) is 5.91 Å². The number of nitrogens with zero attached hydrogens (tertiary/aromatic N) is 3. The van der Waals surface area contributed by atoms with Gasteiger partial charge in [0.1, 0.15) is 11.6 Å². The number of para-hydroxylation sites is 2. The fourth-order valence-corrected chi connectivity index (χ4v) is 3.51. The van der Waals surface area contributed by atoms with Crippen molar-refractivity contribution in [3.05, 3.63) is 65.6 Å². The van der Waals surface area contributed by atoms with Crippen molar-refractivity contribution in [1.82, 2.24) is 9.88 Å². The summed E-state index contributed by atoms with van der Waals surface area (Å²) in [5, 5.41) is 10.8. The van der Waals surface area contributed by atoms with Crippen LogP contribution in [0, 0.1) is 12.7 Å². The van der Waals surface area contributed by atoms with Gasteiger partial charge in [-0.3, -0.25) is 9.78 Å². The molecule has 2 heterocycles. The Morgan fingerprint density at radius 1 is 1.07 bits per heavy atom. The van der Waals surface area contributed by atoms with E-state index in [1.807, 2.05) is 12.1 Å². The molecule has 27 heavy (non-hydrogen) atoms. The molecule has 0 spiro atoms. The third kappa shape index (κ3) is 3.30. The summed E-state index contributed by atoms with van der Waals surface area (Å²) in [6, 6.07) is 13.4. The Hall–Kier alpha value is -3.15. The molecule has 4 rings (SSSR count). The van der Waals surface area contributed by atoms with Gasteiger partial charge in [0.15, 0.2) is 0 Å². The number of halogens is 1.